The van der Waals surface area contributed by atoms with Crippen LogP contribution in [0.25, 0.3) is 0 Å². The van der Waals surface area contributed by atoms with Crippen molar-refractivity contribution in [3.05, 3.63) is 45.1 Å². The third-order valence-corrected chi connectivity index (χ3v) is 3.96. The second-order valence-electron chi connectivity index (χ2n) is 4.01. The van der Waals surface area contributed by atoms with Gasteiger partial charge in [0.05, 0.1) is 24.4 Å². The van der Waals surface area contributed by atoms with E-state index < -0.39 is 0 Å². The van der Waals surface area contributed by atoms with Crippen LogP contribution < -0.4 is 14.8 Å². The van der Waals surface area contributed by atoms with Gasteiger partial charge >= 0.3 is 0 Å². The van der Waals surface area contributed by atoms with Crippen molar-refractivity contribution in [1.82, 2.24) is 4.98 Å². The highest BCUT2D eigenvalue weighted by molar-refractivity contribution is 9.10. The summed E-state index contributed by atoms with van der Waals surface area (Å²) in [5.74, 6) is 1.39. The van der Waals surface area contributed by atoms with Crippen molar-refractivity contribution in [2.75, 3.05) is 19.5 Å². The predicted octanol–water partition coefficient (Wildman–Crippen LogP) is 4.24. The Bertz CT molecular complexity index is 606. The molecule has 0 atom stereocenters. The summed E-state index contributed by atoms with van der Waals surface area (Å²) in [4.78, 5) is 4.17. The molecule has 1 aromatic carbocycles. The van der Waals surface area contributed by atoms with E-state index in [4.69, 9.17) is 9.47 Å². The van der Waals surface area contributed by atoms with Crippen molar-refractivity contribution < 1.29 is 9.47 Å². The first-order valence-electron chi connectivity index (χ1n) is 5.90. The smallest absolute Gasteiger partial charge is 0.174 e. The Morgan fingerprint density at radius 1 is 1.20 bits per heavy atom. The molecule has 1 aromatic heterocycles. The summed E-state index contributed by atoms with van der Waals surface area (Å²) in [6.45, 7) is 0.656. The summed E-state index contributed by atoms with van der Waals surface area (Å²) < 4.78 is 12.3. The number of pyridine rings is 1. The molecule has 2 aromatic rings. The molecule has 0 saturated carbocycles. The first kappa shape index (κ1) is 15.1. The van der Waals surface area contributed by atoms with Gasteiger partial charge in [-0.3, -0.25) is 0 Å². The van der Waals surface area contributed by atoms with E-state index in [1.165, 1.54) is 0 Å². The van der Waals surface area contributed by atoms with E-state index in [-0.39, 0.29) is 0 Å². The van der Waals surface area contributed by atoms with Crippen LogP contribution >= 0.6 is 31.9 Å². The first-order valence-corrected chi connectivity index (χ1v) is 7.49. The van der Waals surface area contributed by atoms with Gasteiger partial charge in [0, 0.05) is 12.7 Å². The maximum Gasteiger partial charge on any atom is 0.174 e. The summed E-state index contributed by atoms with van der Waals surface area (Å²) in [6, 6.07) is 7.80. The minimum atomic E-state index is 0.656. The number of hydrogen-bond acceptors (Lipinski definition) is 4. The van der Waals surface area contributed by atoms with Gasteiger partial charge in [-0.15, -0.1) is 0 Å². The molecule has 4 nitrogen and oxygen atoms in total. The third kappa shape index (κ3) is 3.43. The van der Waals surface area contributed by atoms with Gasteiger partial charge < -0.3 is 14.8 Å². The molecule has 20 heavy (non-hydrogen) atoms. The zero-order valence-corrected chi connectivity index (χ0v) is 14.3. The molecule has 0 spiro atoms. The fourth-order valence-electron chi connectivity index (χ4n) is 1.79. The average Bonchev–Trinajstić information content (AvgIpc) is 2.45. The van der Waals surface area contributed by atoms with Gasteiger partial charge in [0.15, 0.2) is 11.5 Å². The number of methoxy groups -OCH3 is 2. The molecule has 0 amide bonds. The fraction of sp³-hybridized carbons (Fsp3) is 0.214. The Balaban J connectivity index is 2.18. The van der Waals surface area contributed by atoms with Crippen LogP contribution in [0.4, 0.5) is 5.69 Å². The second kappa shape index (κ2) is 6.95. The molecule has 6 heteroatoms. The maximum absolute atomic E-state index is 5.33. The number of nitrogens with one attached hydrogen (secondary N) is 1. The van der Waals surface area contributed by atoms with Gasteiger partial charge in [-0.05, 0) is 61.7 Å². The van der Waals surface area contributed by atoms with E-state index in [1.54, 1.807) is 20.4 Å². The van der Waals surface area contributed by atoms with E-state index >= 15 is 0 Å². The second-order valence-corrected chi connectivity index (χ2v) is 5.61. The molecule has 1 heterocycles. The lowest BCUT2D eigenvalue weighted by molar-refractivity contribution is 0.352. The van der Waals surface area contributed by atoms with Crippen molar-refractivity contribution >= 4 is 37.5 Å². The van der Waals surface area contributed by atoms with Crippen LogP contribution in [0.5, 0.6) is 11.5 Å². The number of aromatic nitrogens is 1. The van der Waals surface area contributed by atoms with Crippen LogP contribution in [0.1, 0.15) is 5.56 Å². The summed E-state index contributed by atoms with van der Waals surface area (Å²) in [7, 11) is 3.24. The zero-order chi connectivity index (χ0) is 14.5. The molecule has 0 fully saturated rings. The number of rotatable bonds is 5. The van der Waals surface area contributed by atoms with E-state index in [9.17, 15) is 0 Å². The number of halogens is 2. The topological polar surface area (TPSA) is 43.4 Å². The van der Waals surface area contributed by atoms with Crippen LogP contribution in [-0.4, -0.2) is 19.2 Å². The van der Waals surface area contributed by atoms with E-state index in [1.807, 2.05) is 24.3 Å². The molecular weight excluding hydrogens is 388 g/mol. The van der Waals surface area contributed by atoms with Crippen molar-refractivity contribution in [2.24, 2.45) is 0 Å². The Kier molecular flexibility index (Phi) is 5.25. The maximum atomic E-state index is 5.33. The molecule has 0 aliphatic rings. The largest absolute Gasteiger partial charge is 0.493 e. The van der Waals surface area contributed by atoms with Crippen LogP contribution in [0.3, 0.4) is 0 Å². The normalized spacial score (nSPS) is 10.2. The lowest BCUT2D eigenvalue weighted by Crippen LogP contribution is -2.02. The van der Waals surface area contributed by atoms with Crippen molar-refractivity contribution in [2.45, 2.75) is 6.54 Å². The lowest BCUT2D eigenvalue weighted by Gasteiger charge is -2.13. The molecule has 106 valence electrons. The molecule has 0 saturated heterocycles. The number of anilines is 1. The number of benzene rings is 1. The Morgan fingerprint density at radius 3 is 2.65 bits per heavy atom. The molecular formula is C14H14Br2N2O2. The molecule has 1 N–H and O–H groups in total. The Hall–Kier alpha value is -1.27. The summed E-state index contributed by atoms with van der Waals surface area (Å²) in [6.07, 6.45) is 1.74. The van der Waals surface area contributed by atoms with Crippen LogP contribution in [0.2, 0.25) is 0 Å². The summed E-state index contributed by atoms with van der Waals surface area (Å²) in [5, 5.41) is 3.32. The standard InChI is InChI=1S/C14H14Br2N2O2/c1-19-12-7-9(6-10(15)13(12)20-2)8-18-11-4-3-5-17-14(11)16/h3-7,18H,8H2,1-2H3. The van der Waals surface area contributed by atoms with E-state index in [0.717, 1.165) is 20.3 Å². The third-order valence-electron chi connectivity index (χ3n) is 2.74. The highest BCUT2D eigenvalue weighted by Crippen LogP contribution is 2.36. The van der Waals surface area contributed by atoms with E-state index in [0.29, 0.717) is 18.0 Å². The van der Waals surface area contributed by atoms with Crippen molar-refractivity contribution in [3.63, 3.8) is 0 Å². The first-order chi connectivity index (χ1) is 9.65. The predicted molar refractivity (Wildman–Crippen MR) is 86.5 cm³/mol. The minimum absolute atomic E-state index is 0.656. The van der Waals surface area contributed by atoms with Gasteiger partial charge in [-0.25, -0.2) is 4.98 Å². The number of ether oxygens (including phenoxy) is 2. The molecule has 2 rings (SSSR count). The van der Waals surface area contributed by atoms with Gasteiger partial charge in [-0.1, -0.05) is 0 Å². The summed E-state index contributed by atoms with van der Waals surface area (Å²) in [5.41, 5.74) is 2.02. The minimum Gasteiger partial charge on any atom is -0.493 e. The Morgan fingerprint density at radius 2 is 2.00 bits per heavy atom. The van der Waals surface area contributed by atoms with E-state index in [2.05, 4.69) is 42.2 Å². The van der Waals surface area contributed by atoms with Gasteiger partial charge in [0.25, 0.3) is 0 Å². The van der Waals surface area contributed by atoms with Gasteiger partial charge in [-0.2, -0.15) is 0 Å². The quantitative estimate of drug-likeness (QED) is 0.761. The van der Waals surface area contributed by atoms with Gasteiger partial charge in [0.1, 0.15) is 4.60 Å². The summed E-state index contributed by atoms with van der Waals surface area (Å²) >= 11 is 6.89. The van der Waals surface area contributed by atoms with Crippen LogP contribution in [0, 0.1) is 0 Å². The average molecular weight is 402 g/mol. The molecule has 0 unspecified atom stereocenters. The van der Waals surface area contributed by atoms with Crippen LogP contribution in [-0.2, 0) is 6.54 Å². The van der Waals surface area contributed by atoms with Crippen molar-refractivity contribution in [3.8, 4) is 11.5 Å². The Labute approximate surface area is 134 Å². The molecule has 0 aliphatic carbocycles. The zero-order valence-electron chi connectivity index (χ0n) is 11.1. The number of nitrogens with zero attached hydrogens (tertiary/aromatic N) is 1. The SMILES string of the molecule is COc1cc(CNc2cccnc2Br)cc(Br)c1OC. The monoisotopic (exact) mass is 400 g/mol. The van der Waals surface area contributed by atoms with Crippen LogP contribution in [0.15, 0.2) is 39.5 Å². The van der Waals surface area contributed by atoms with Gasteiger partial charge in [0.2, 0.25) is 0 Å². The molecule has 0 aliphatic heterocycles. The highest BCUT2D eigenvalue weighted by atomic mass is 79.9. The fourth-order valence-corrected chi connectivity index (χ4v) is 2.83. The van der Waals surface area contributed by atoms with Crippen molar-refractivity contribution in [1.29, 1.82) is 0 Å². The highest BCUT2D eigenvalue weighted by Gasteiger charge is 2.10. The lowest BCUT2D eigenvalue weighted by atomic mass is 10.2. The molecule has 0 bridgehead atoms. The molecule has 0 radical (unpaired) electrons. The number of hydrogen-bond donors (Lipinski definition) is 1.